The lowest BCUT2D eigenvalue weighted by atomic mass is 9.85. The number of urea groups is 1. The highest BCUT2D eigenvalue weighted by Gasteiger charge is 2.31. The van der Waals surface area contributed by atoms with Gasteiger partial charge in [0.25, 0.3) is 0 Å². The van der Waals surface area contributed by atoms with E-state index in [-0.39, 0.29) is 29.4 Å². The fourth-order valence-corrected chi connectivity index (χ4v) is 8.16. The number of carbonyl (C=O) groups excluding carboxylic acids is 1. The van der Waals surface area contributed by atoms with E-state index < -0.39 is 0 Å². The number of likely N-dealkylation sites (N-methyl/N-ethyl adjacent to an activating group) is 1. The third-order valence-corrected chi connectivity index (χ3v) is 11.3. The molecule has 2 saturated heterocycles. The van der Waals surface area contributed by atoms with Crippen LogP contribution in [0.25, 0.3) is 11.3 Å². The predicted molar refractivity (Wildman–Crippen MR) is 213 cm³/mol. The molecular weight excluding hydrogens is 696 g/mol. The number of hydrogen-bond donors (Lipinski definition) is 2. The van der Waals surface area contributed by atoms with Crippen LogP contribution in [0.1, 0.15) is 94.3 Å². The molecule has 2 aromatic carbocycles. The number of nitrogens with one attached hydrogen (secondary N) is 2. The normalized spacial score (nSPS) is 21.1. The van der Waals surface area contributed by atoms with Crippen LogP contribution >= 0.6 is 0 Å². The van der Waals surface area contributed by atoms with Gasteiger partial charge in [-0.1, -0.05) is 45.0 Å². The first-order chi connectivity index (χ1) is 26.5. The summed E-state index contributed by atoms with van der Waals surface area (Å²) in [5, 5.41) is 20.2. The molecule has 5 aromatic rings. The third-order valence-electron chi connectivity index (χ3n) is 11.3. The molecule has 2 amide bonds. The van der Waals surface area contributed by atoms with Crippen molar-refractivity contribution in [3.8, 4) is 11.4 Å². The fourth-order valence-electron chi connectivity index (χ4n) is 8.16. The molecule has 290 valence electrons. The van der Waals surface area contributed by atoms with Gasteiger partial charge in [0.15, 0.2) is 5.65 Å². The smallest absolute Gasteiger partial charge is 0.320 e. The average Bonchev–Trinajstić information content (AvgIpc) is 3.78. The second-order valence-corrected chi connectivity index (χ2v) is 16.6. The molecule has 0 radical (unpaired) electrons. The van der Waals surface area contributed by atoms with E-state index in [0.29, 0.717) is 36.9 Å². The number of piperazine rings is 1. The van der Waals surface area contributed by atoms with E-state index in [0.717, 1.165) is 85.3 Å². The summed E-state index contributed by atoms with van der Waals surface area (Å²) in [6.07, 6.45) is 6.73. The molecule has 0 spiro atoms. The fraction of sp³-hybridized carbons (Fsp3) is 0.476. The number of amides is 2. The molecular formula is C42H53FN10O2. The number of fused-ring (bicyclic) bond motifs is 2. The highest BCUT2D eigenvalue weighted by molar-refractivity contribution is 5.89. The summed E-state index contributed by atoms with van der Waals surface area (Å²) in [6, 6.07) is 18.8. The molecule has 2 fully saturated rings. The summed E-state index contributed by atoms with van der Waals surface area (Å²) in [5.74, 6) is 1.74. The molecule has 5 heterocycles. The van der Waals surface area contributed by atoms with Crippen molar-refractivity contribution in [1.82, 2.24) is 39.5 Å². The van der Waals surface area contributed by atoms with Gasteiger partial charge < -0.3 is 19.9 Å². The zero-order chi connectivity index (χ0) is 38.3. The maximum absolute atomic E-state index is 15.2. The van der Waals surface area contributed by atoms with Crippen molar-refractivity contribution in [1.29, 1.82) is 0 Å². The van der Waals surface area contributed by atoms with E-state index in [1.54, 1.807) is 10.7 Å². The number of pyridine rings is 1. The Morgan fingerprint density at radius 1 is 0.927 bits per heavy atom. The summed E-state index contributed by atoms with van der Waals surface area (Å²) in [7, 11) is 2.12. The van der Waals surface area contributed by atoms with Gasteiger partial charge in [0, 0.05) is 56.8 Å². The summed E-state index contributed by atoms with van der Waals surface area (Å²) >= 11 is 0. The van der Waals surface area contributed by atoms with Crippen LogP contribution in [0.3, 0.4) is 0 Å². The number of carbonyl (C=O) groups is 1. The van der Waals surface area contributed by atoms with E-state index in [2.05, 4.69) is 82.4 Å². The van der Waals surface area contributed by atoms with Crippen LogP contribution < -0.4 is 20.3 Å². The molecule has 55 heavy (non-hydrogen) atoms. The van der Waals surface area contributed by atoms with Gasteiger partial charge in [-0.3, -0.25) is 14.6 Å². The van der Waals surface area contributed by atoms with Crippen LogP contribution in [0.2, 0.25) is 0 Å². The Morgan fingerprint density at radius 2 is 1.73 bits per heavy atom. The van der Waals surface area contributed by atoms with E-state index >= 15 is 4.39 Å². The number of rotatable bonds is 8. The lowest BCUT2D eigenvalue weighted by Gasteiger charge is -2.33. The molecule has 2 aliphatic heterocycles. The predicted octanol–water partition coefficient (Wildman–Crippen LogP) is 7.25. The average molecular weight is 749 g/mol. The minimum atomic E-state index is -0.354. The minimum Gasteiger partial charge on any atom is -0.484 e. The maximum Gasteiger partial charge on any atom is 0.320 e. The Kier molecular flexibility index (Phi) is 10.2. The molecule has 0 saturated carbocycles. The standard InChI is InChI=1S/C42H53FN10O2/c1-28-10-8-9-17-51(28)41-47-46-38-16-13-32(27-52(38)41)55-36-15-14-35(33-11-6-7-12-34(33)36)44-40(54)45-39-25-37(42(2,3)4)48-53(39)31-23-29(22-30(43)24-31)26-50-20-18-49(5)19-21-50/h6-7,11-13,16,22-25,27-28,35-36H,8-10,14-15,17-21,26H2,1-5H3,(H2,44,45,54)/t28?,35-,36+/m0/s1. The zero-order valence-electron chi connectivity index (χ0n) is 32.6. The first kappa shape index (κ1) is 36.9. The van der Waals surface area contributed by atoms with Gasteiger partial charge in [-0.15, -0.1) is 10.2 Å². The highest BCUT2D eigenvalue weighted by Crippen LogP contribution is 2.39. The van der Waals surface area contributed by atoms with Gasteiger partial charge in [0.2, 0.25) is 5.95 Å². The van der Waals surface area contributed by atoms with Crippen LogP contribution in [0.5, 0.6) is 5.75 Å². The number of ether oxygens (including phenoxy) is 1. The molecule has 8 rings (SSSR count). The molecule has 12 nitrogen and oxygen atoms in total. The summed E-state index contributed by atoms with van der Waals surface area (Å²) in [4.78, 5) is 20.8. The van der Waals surface area contributed by atoms with Crippen molar-refractivity contribution >= 4 is 23.4 Å². The van der Waals surface area contributed by atoms with Crippen molar-refractivity contribution in [2.24, 2.45) is 0 Å². The number of benzene rings is 2. The van der Waals surface area contributed by atoms with Gasteiger partial charge in [-0.2, -0.15) is 5.10 Å². The molecule has 0 bridgehead atoms. The number of aromatic nitrogens is 5. The Hall–Kier alpha value is -5.01. The van der Waals surface area contributed by atoms with Crippen molar-refractivity contribution in [2.45, 2.75) is 89.9 Å². The number of piperidine rings is 1. The molecule has 2 N–H and O–H groups in total. The number of nitrogens with zero attached hydrogens (tertiary/aromatic N) is 8. The molecule has 3 aromatic heterocycles. The van der Waals surface area contributed by atoms with E-state index in [9.17, 15) is 4.79 Å². The van der Waals surface area contributed by atoms with E-state index in [1.165, 1.54) is 12.5 Å². The van der Waals surface area contributed by atoms with Crippen molar-refractivity contribution in [3.05, 3.63) is 95.1 Å². The van der Waals surface area contributed by atoms with Gasteiger partial charge in [-0.25, -0.2) is 13.9 Å². The second-order valence-electron chi connectivity index (χ2n) is 16.6. The Morgan fingerprint density at radius 3 is 2.51 bits per heavy atom. The topological polar surface area (TPSA) is 108 Å². The van der Waals surface area contributed by atoms with Crippen LogP contribution in [0.15, 0.2) is 66.9 Å². The number of halogens is 1. The van der Waals surface area contributed by atoms with Gasteiger partial charge in [0.05, 0.1) is 23.6 Å². The quantitative estimate of drug-likeness (QED) is 0.171. The Balaban J connectivity index is 0.992. The molecule has 3 atom stereocenters. The molecule has 1 aliphatic carbocycles. The molecule has 3 aliphatic rings. The van der Waals surface area contributed by atoms with Crippen LogP contribution in [0, 0.1) is 5.82 Å². The van der Waals surface area contributed by atoms with Crippen molar-refractivity contribution in [2.75, 3.05) is 50.0 Å². The first-order valence-corrected chi connectivity index (χ1v) is 19.7. The molecule has 13 heteroatoms. The maximum atomic E-state index is 15.2. The van der Waals surface area contributed by atoms with Gasteiger partial charge >= 0.3 is 6.03 Å². The second kappa shape index (κ2) is 15.3. The van der Waals surface area contributed by atoms with Gasteiger partial charge in [-0.05, 0) is 93.1 Å². The van der Waals surface area contributed by atoms with E-state index in [1.807, 2.05) is 47.0 Å². The SMILES string of the molecule is CC1CCCCN1c1nnc2ccc(O[C@@H]3CC[C@H](NC(=O)Nc4cc(C(C)(C)C)nn4-c4cc(F)cc(CN5CCN(C)CC5)c4)c4ccccc43)cn12. The third kappa shape index (κ3) is 8.04. The van der Waals surface area contributed by atoms with Crippen LogP contribution in [0.4, 0.5) is 21.0 Å². The Bertz CT molecular complexity index is 2150. The Labute approximate surface area is 322 Å². The largest absolute Gasteiger partial charge is 0.484 e. The van der Waals surface area contributed by atoms with Gasteiger partial charge in [0.1, 0.15) is 23.5 Å². The monoisotopic (exact) mass is 748 g/mol. The summed E-state index contributed by atoms with van der Waals surface area (Å²) in [5.41, 5.74) is 4.79. The lowest BCUT2D eigenvalue weighted by molar-refractivity contribution is 0.148. The first-order valence-electron chi connectivity index (χ1n) is 19.7. The van der Waals surface area contributed by atoms with Crippen LogP contribution in [-0.2, 0) is 12.0 Å². The van der Waals surface area contributed by atoms with Crippen molar-refractivity contribution < 1.29 is 13.9 Å². The summed E-state index contributed by atoms with van der Waals surface area (Å²) in [6.45, 7) is 13.9. The highest BCUT2D eigenvalue weighted by atomic mass is 19.1. The van der Waals surface area contributed by atoms with Crippen molar-refractivity contribution in [3.63, 3.8) is 0 Å². The lowest BCUT2D eigenvalue weighted by Crippen LogP contribution is -2.43. The number of hydrogen-bond acceptors (Lipinski definition) is 8. The molecule has 1 unspecified atom stereocenters. The summed E-state index contributed by atoms with van der Waals surface area (Å²) < 4.78 is 25.5. The van der Waals surface area contributed by atoms with Crippen LogP contribution in [-0.4, -0.2) is 86.0 Å². The van der Waals surface area contributed by atoms with E-state index in [4.69, 9.17) is 9.84 Å². The number of anilines is 2. The zero-order valence-corrected chi connectivity index (χ0v) is 32.6. The minimum absolute atomic E-state index is 0.188.